The molecule has 19 heavy (non-hydrogen) atoms. The first-order valence-corrected chi connectivity index (χ1v) is 7.77. The Hall–Kier alpha value is -0.280. The molecule has 1 saturated heterocycles. The van der Waals surface area contributed by atoms with E-state index in [9.17, 15) is 0 Å². The van der Waals surface area contributed by atoms with E-state index in [1.807, 2.05) is 12.1 Å². The van der Waals surface area contributed by atoms with Crippen molar-refractivity contribution in [1.82, 2.24) is 5.32 Å². The van der Waals surface area contributed by atoms with Crippen molar-refractivity contribution in [2.45, 2.75) is 38.2 Å². The molecule has 1 aromatic carbocycles. The van der Waals surface area contributed by atoms with E-state index in [1.165, 1.54) is 25.7 Å². The highest BCUT2D eigenvalue weighted by Crippen LogP contribution is 2.21. The molecule has 2 rings (SSSR count). The van der Waals surface area contributed by atoms with E-state index < -0.39 is 0 Å². The molecule has 0 radical (unpaired) electrons. The van der Waals surface area contributed by atoms with Crippen LogP contribution in [-0.4, -0.2) is 25.8 Å². The van der Waals surface area contributed by atoms with Gasteiger partial charge in [0.25, 0.3) is 0 Å². The third-order valence-electron chi connectivity index (χ3n) is 3.49. The maximum Gasteiger partial charge on any atom is 0.0576 e. The molecule has 1 fully saturated rings. The zero-order valence-corrected chi connectivity index (χ0v) is 12.6. The molecule has 4 heteroatoms. The molecule has 1 atom stereocenters. The number of ether oxygens (including phenoxy) is 1. The molecule has 1 aromatic rings. The van der Waals surface area contributed by atoms with Crippen LogP contribution in [0.1, 0.15) is 31.2 Å². The Morgan fingerprint density at radius 2 is 2.16 bits per heavy atom. The summed E-state index contributed by atoms with van der Waals surface area (Å²) in [6.45, 7) is 2.95. The molecule has 0 amide bonds. The molecular formula is C15H21Cl2NO. The molecule has 0 aliphatic carbocycles. The Bertz CT molecular complexity index is 392. The van der Waals surface area contributed by atoms with Crippen molar-refractivity contribution in [3.63, 3.8) is 0 Å². The lowest BCUT2D eigenvalue weighted by Crippen LogP contribution is -2.20. The average Bonchev–Trinajstić information content (AvgIpc) is 2.89. The van der Waals surface area contributed by atoms with E-state index in [1.54, 1.807) is 6.07 Å². The fraction of sp³-hybridized carbons (Fsp3) is 0.600. The van der Waals surface area contributed by atoms with Gasteiger partial charge in [0.15, 0.2) is 0 Å². The molecule has 1 aliphatic rings. The third-order valence-corrected chi connectivity index (χ3v) is 4.08. The van der Waals surface area contributed by atoms with Crippen LogP contribution in [0.3, 0.4) is 0 Å². The maximum absolute atomic E-state index is 6.13. The van der Waals surface area contributed by atoms with Crippen LogP contribution in [0.4, 0.5) is 0 Å². The van der Waals surface area contributed by atoms with Gasteiger partial charge in [-0.3, -0.25) is 0 Å². The summed E-state index contributed by atoms with van der Waals surface area (Å²) in [5.41, 5.74) is 1.15. The number of benzene rings is 1. The zero-order valence-electron chi connectivity index (χ0n) is 11.1. The van der Waals surface area contributed by atoms with Crippen LogP contribution >= 0.6 is 23.2 Å². The summed E-state index contributed by atoms with van der Waals surface area (Å²) in [6.07, 6.45) is 6.27. The second kappa shape index (κ2) is 8.11. The van der Waals surface area contributed by atoms with E-state index in [0.717, 1.165) is 36.7 Å². The second-order valence-electron chi connectivity index (χ2n) is 5.01. The van der Waals surface area contributed by atoms with Crippen LogP contribution in [0.2, 0.25) is 10.0 Å². The smallest absolute Gasteiger partial charge is 0.0576 e. The van der Waals surface area contributed by atoms with Crippen molar-refractivity contribution >= 4 is 23.2 Å². The summed E-state index contributed by atoms with van der Waals surface area (Å²) in [4.78, 5) is 0. The fourth-order valence-electron chi connectivity index (χ4n) is 2.40. The Morgan fingerprint density at radius 1 is 1.26 bits per heavy atom. The fourth-order valence-corrected chi connectivity index (χ4v) is 2.90. The number of hydrogen-bond donors (Lipinski definition) is 1. The lowest BCUT2D eigenvalue weighted by atomic mass is 10.1. The third kappa shape index (κ3) is 5.31. The molecule has 1 aliphatic heterocycles. The molecule has 0 spiro atoms. The second-order valence-corrected chi connectivity index (χ2v) is 5.86. The van der Waals surface area contributed by atoms with Crippen LogP contribution in [-0.2, 0) is 11.2 Å². The summed E-state index contributed by atoms with van der Waals surface area (Å²) in [7, 11) is 0. The highest BCUT2D eigenvalue weighted by atomic mass is 35.5. The van der Waals surface area contributed by atoms with Crippen LogP contribution in [0.25, 0.3) is 0 Å². The molecule has 0 aromatic heterocycles. The van der Waals surface area contributed by atoms with Crippen LogP contribution in [0.5, 0.6) is 0 Å². The topological polar surface area (TPSA) is 21.3 Å². The van der Waals surface area contributed by atoms with Gasteiger partial charge in [0, 0.05) is 16.7 Å². The Labute approximate surface area is 125 Å². The van der Waals surface area contributed by atoms with Gasteiger partial charge in [-0.15, -0.1) is 0 Å². The average molecular weight is 302 g/mol. The van der Waals surface area contributed by atoms with E-state index in [-0.39, 0.29) is 0 Å². The van der Waals surface area contributed by atoms with Gasteiger partial charge in [0.05, 0.1) is 6.10 Å². The zero-order chi connectivity index (χ0) is 13.5. The molecule has 1 unspecified atom stereocenters. The van der Waals surface area contributed by atoms with Gasteiger partial charge < -0.3 is 10.1 Å². The van der Waals surface area contributed by atoms with E-state index in [4.69, 9.17) is 27.9 Å². The largest absolute Gasteiger partial charge is 0.378 e. The summed E-state index contributed by atoms with van der Waals surface area (Å²) >= 11 is 12.0. The van der Waals surface area contributed by atoms with Crippen molar-refractivity contribution in [3.05, 3.63) is 33.8 Å². The first-order chi connectivity index (χ1) is 9.25. The van der Waals surface area contributed by atoms with Gasteiger partial charge in [0.2, 0.25) is 0 Å². The lowest BCUT2D eigenvalue weighted by Gasteiger charge is -2.10. The van der Waals surface area contributed by atoms with E-state index in [2.05, 4.69) is 5.32 Å². The van der Waals surface area contributed by atoms with E-state index >= 15 is 0 Å². The highest BCUT2D eigenvalue weighted by Gasteiger charge is 2.14. The Morgan fingerprint density at radius 3 is 2.89 bits per heavy atom. The van der Waals surface area contributed by atoms with Gasteiger partial charge in [-0.05, 0) is 62.9 Å². The lowest BCUT2D eigenvalue weighted by molar-refractivity contribution is 0.102. The minimum Gasteiger partial charge on any atom is -0.378 e. The molecule has 106 valence electrons. The van der Waals surface area contributed by atoms with E-state index in [0.29, 0.717) is 11.1 Å². The van der Waals surface area contributed by atoms with Gasteiger partial charge in [-0.25, -0.2) is 0 Å². The first kappa shape index (κ1) is 15.1. The van der Waals surface area contributed by atoms with Crippen LogP contribution in [0, 0.1) is 0 Å². The maximum atomic E-state index is 6.13. The number of nitrogens with one attached hydrogen (secondary N) is 1. The predicted octanol–water partition coefficient (Wildman–Crippen LogP) is 4.08. The van der Waals surface area contributed by atoms with Crippen molar-refractivity contribution < 1.29 is 4.74 Å². The molecular weight excluding hydrogens is 281 g/mol. The molecule has 1 heterocycles. The number of hydrogen-bond acceptors (Lipinski definition) is 2. The van der Waals surface area contributed by atoms with Gasteiger partial charge in [-0.2, -0.15) is 0 Å². The number of rotatable bonds is 7. The monoisotopic (exact) mass is 301 g/mol. The Balaban J connectivity index is 1.56. The van der Waals surface area contributed by atoms with Crippen molar-refractivity contribution in [2.24, 2.45) is 0 Å². The van der Waals surface area contributed by atoms with Crippen molar-refractivity contribution in [3.8, 4) is 0 Å². The quantitative estimate of drug-likeness (QED) is 0.766. The Kier molecular flexibility index (Phi) is 6.45. The summed E-state index contributed by atoms with van der Waals surface area (Å²) in [6, 6.07) is 5.69. The summed E-state index contributed by atoms with van der Waals surface area (Å²) in [5, 5.41) is 4.90. The van der Waals surface area contributed by atoms with Gasteiger partial charge in [0.1, 0.15) is 0 Å². The normalized spacial score (nSPS) is 18.9. The minimum atomic E-state index is 0.507. The molecule has 2 nitrogen and oxygen atoms in total. The van der Waals surface area contributed by atoms with Crippen molar-refractivity contribution in [1.29, 1.82) is 0 Å². The molecule has 0 bridgehead atoms. The van der Waals surface area contributed by atoms with Crippen LogP contribution in [0.15, 0.2) is 18.2 Å². The molecule has 1 N–H and O–H groups in total. The van der Waals surface area contributed by atoms with Gasteiger partial charge in [-0.1, -0.05) is 29.3 Å². The summed E-state index contributed by atoms with van der Waals surface area (Å²) < 4.78 is 5.60. The minimum absolute atomic E-state index is 0.507. The van der Waals surface area contributed by atoms with Crippen molar-refractivity contribution in [2.75, 3.05) is 19.7 Å². The number of halogens is 2. The molecule has 0 saturated carbocycles. The van der Waals surface area contributed by atoms with Crippen LogP contribution < -0.4 is 5.32 Å². The SMILES string of the molecule is Clc1ccc(CCNCCCC2CCCO2)c(Cl)c1. The van der Waals surface area contributed by atoms with Gasteiger partial charge >= 0.3 is 0 Å². The summed E-state index contributed by atoms with van der Waals surface area (Å²) in [5.74, 6) is 0. The highest BCUT2D eigenvalue weighted by molar-refractivity contribution is 6.35. The predicted molar refractivity (Wildman–Crippen MR) is 81.2 cm³/mol. The standard InChI is InChI=1S/C15H21Cl2NO/c16-13-6-5-12(15(17)11-13)7-9-18-8-1-3-14-4-2-10-19-14/h5-6,11,14,18H,1-4,7-10H2. The first-order valence-electron chi connectivity index (χ1n) is 7.02.